The number of carbonyl (C=O) groups is 2. The molecule has 0 saturated heterocycles. The van der Waals surface area contributed by atoms with Crippen LogP contribution in [0.3, 0.4) is 0 Å². The van der Waals surface area contributed by atoms with E-state index in [4.69, 9.17) is 0 Å². The van der Waals surface area contributed by atoms with Gasteiger partial charge in [0, 0.05) is 6.54 Å². The Hall–Kier alpha value is -1.24. The monoisotopic (exact) mass is 332 g/mol. The Kier molecular flexibility index (Phi) is 4.99. The van der Waals surface area contributed by atoms with Gasteiger partial charge in [-0.25, -0.2) is 0 Å². The first-order valence-electron chi connectivity index (χ1n) is 8.30. The summed E-state index contributed by atoms with van der Waals surface area (Å²) in [4.78, 5) is 24.1. The van der Waals surface area contributed by atoms with Gasteiger partial charge >= 0.3 is 5.92 Å². The average molecular weight is 332 g/mol. The number of hydrogen-bond donors (Lipinski definition) is 3. The van der Waals surface area contributed by atoms with Crippen molar-refractivity contribution in [1.29, 1.82) is 0 Å². The largest absolute Gasteiger partial charge is 0.383 e. The van der Waals surface area contributed by atoms with Crippen LogP contribution in [0.15, 0.2) is 0 Å². The summed E-state index contributed by atoms with van der Waals surface area (Å²) < 4.78 is 28.2. The van der Waals surface area contributed by atoms with Crippen LogP contribution in [0.1, 0.15) is 58.8 Å². The highest BCUT2D eigenvalue weighted by molar-refractivity contribution is 5.93. The zero-order chi connectivity index (χ0) is 17.3. The van der Waals surface area contributed by atoms with Gasteiger partial charge in [0.2, 0.25) is 5.91 Å². The molecule has 2 aliphatic rings. The second-order valence-corrected chi connectivity index (χ2v) is 7.40. The Labute approximate surface area is 135 Å². The van der Waals surface area contributed by atoms with Crippen molar-refractivity contribution >= 4 is 11.8 Å². The molecule has 0 unspecified atom stereocenters. The molecule has 0 heterocycles. The highest BCUT2D eigenvalue weighted by Crippen LogP contribution is 2.44. The molecule has 0 aromatic rings. The minimum absolute atomic E-state index is 0.109. The van der Waals surface area contributed by atoms with E-state index in [2.05, 4.69) is 10.6 Å². The van der Waals surface area contributed by atoms with E-state index in [1.165, 1.54) is 13.8 Å². The smallest absolute Gasteiger partial charge is 0.352 e. The van der Waals surface area contributed by atoms with Crippen molar-refractivity contribution in [3.8, 4) is 0 Å². The molecule has 132 valence electrons. The molecule has 0 bridgehead atoms. The minimum Gasteiger partial charge on any atom is -0.383 e. The molecule has 0 radical (unpaired) electrons. The number of halogens is 2. The summed E-state index contributed by atoms with van der Waals surface area (Å²) in [5, 5.41) is 14.6. The van der Waals surface area contributed by atoms with Crippen LogP contribution in [0.4, 0.5) is 8.78 Å². The van der Waals surface area contributed by atoms with Gasteiger partial charge in [0.1, 0.15) is 11.1 Å². The molecular weight excluding hydrogens is 306 g/mol. The predicted molar refractivity (Wildman–Crippen MR) is 80.9 cm³/mol. The molecule has 5 nitrogen and oxygen atoms in total. The lowest BCUT2D eigenvalue weighted by atomic mass is 9.75. The Morgan fingerprint density at radius 3 is 2.17 bits per heavy atom. The molecule has 0 aromatic heterocycles. The van der Waals surface area contributed by atoms with Crippen LogP contribution < -0.4 is 10.6 Å². The topological polar surface area (TPSA) is 78.4 Å². The van der Waals surface area contributed by atoms with Gasteiger partial charge in [-0.15, -0.1) is 0 Å². The van der Waals surface area contributed by atoms with Crippen molar-refractivity contribution in [1.82, 2.24) is 10.6 Å². The van der Waals surface area contributed by atoms with E-state index in [1.807, 2.05) is 0 Å². The predicted octanol–water partition coefficient (Wildman–Crippen LogP) is 1.74. The fraction of sp³-hybridized carbons (Fsp3) is 0.875. The lowest BCUT2D eigenvalue weighted by molar-refractivity contribution is -0.217. The van der Waals surface area contributed by atoms with Crippen LogP contribution in [0.2, 0.25) is 0 Å². The molecule has 2 fully saturated rings. The molecule has 0 atom stereocenters. The summed E-state index contributed by atoms with van der Waals surface area (Å²) in [6.07, 6.45) is 4.64. The summed E-state index contributed by atoms with van der Waals surface area (Å²) in [6, 6.07) is 0. The highest BCUT2D eigenvalue weighted by Gasteiger charge is 2.61. The number of aliphatic hydroxyl groups is 1. The Morgan fingerprint density at radius 2 is 1.70 bits per heavy atom. The second kappa shape index (κ2) is 6.34. The Bertz CT molecular complexity index is 470. The summed E-state index contributed by atoms with van der Waals surface area (Å²) in [6.45, 7) is 3.27. The van der Waals surface area contributed by atoms with E-state index in [0.29, 0.717) is 18.9 Å². The van der Waals surface area contributed by atoms with Gasteiger partial charge in [-0.2, -0.15) is 8.78 Å². The van der Waals surface area contributed by atoms with Gasteiger partial charge in [0.15, 0.2) is 0 Å². The number of nitrogens with one attached hydrogen (secondary N) is 2. The second-order valence-electron chi connectivity index (χ2n) is 7.40. The first-order chi connectivity index (χ1) is 10.6. The van der Waals surface area contributed by atoms with Gasteiger partial charge in [0.25, 0.3) is 5.91 Å². The Balaban J connectivity index is 1.90. The fourth-order valence-electron chi connectivity index (χ4n) is 3.13. The van der Waals surface area contributed by atoms with Crippen molar-refractivity contribution in [2.24, 2.45) is 5.92 Å². The minimum atomic E-state index is -3.89. The summed E-state index contributed by atoms with van der Waals surface area (Å²) in [7, 11) is 0. The van der Waals surface area contributed by atoms with Crippen molar-refractivity contribution in [2.45, 2.75) is 75.9 Å². The maximum Gasteiger partial charge on any atom is 0.352 e. The van der Waals surface area contributed by atoms with Crippen molar-refractivity contribution < 1.29 is 23.5 Å². The summed E-state index contributed by atoms with van der Waals surface area (Å²) >= 11 is 0. The van der Waals surface area contributed by atoms with Crippen LogP contribution in [-0.2, 0) is 9.59 Å². The SMILES string of the molecule is CC(C)(NC(=O)C(F)(F)C1(O)CCC1)C(=O)NCC1CCCC1. The van der Waals surface area contributed by atoms with Crippen molar-refractivity contribution in [3.05, 3.63) is 0 Å². The first-order valence-corrected chi connectivity index (χ1v) is 8.30. The number of hydrogen-bond acceptors (Lipinski definition) is 3. The quantitative estimate of drug-likeness (QED) is 0.693. The number of carbonyl (C=O) groups excluding carboxylic acids is 2. The molecule has 23 heavy (non-hydrogen) atoms. The number of amides is 2. The van der Waals surface area contributed by atoms with Gasteiger partial charge in [0.05, 0.1) is 0 Å². The lowest BCUT2D eigenvalue weighted by Crippen LogP contribution is -2.65. The van der Waals surface area contributed by atoms with E-state index in [0.717, 1.165) is 25.7 Å². The third-order valence-corrected chi connectivity index (χ3v) is 5.07. The molecule has 2 aliphatic carbocycles. The molecular formula is C16H26F2N2O3. The lowest BCUT2D eigenvalue weighted by Gasteiger charge is -2.42. The van der Waals surface area contributed by atoms with Crippen LogP contribution >= 0.6 is 0 Å². The number of alkyl halides is 2. The molecule has 3 N–H and O–H groups in total. The van der Waals surface area contributed by atoms with Crippen LogP contribution in [0, 0.1) is 5.92 Å². The molecule has 2 saturated carbocycles. The van der Waals surface area contributed by atoms with Crippen LogP contribution in [0.5, 0.6) is 0 Å². The normalized spacial score (nSPS) is 21.6. The third-order valence-electron chi connectivity index (χ3n) is 5.07. The molecule has 2 amide bonds. The summed E-state index contributed by atoms with van der Waals surface area (Å²) in [5.74, 6) is -5.56. The highest BCUT2D eigenvalue weighted by atomic mass is 19.3. The standard InChI is InChI=1S/C16H26F2N2O3/c1-14(2,12(21)19-10-11-6-3-4-7-11)20-13(22)16(17,18)15(23)8-5-9-15/h11,23H,3-10H2,1-2H3,(H,19,21)(H,20,22). The van der Waals surface area contributed by atoms with Crippen molar-refractivity contribution in [2.75, 3.05) is 6.54 Å². The van der Waals surface area contributed by atoms with Gasteiger partial charge in [-0.3, -0.25) is 9.59 Å². The molecule has 2 rings (SSSR count). The van der Waals surface area contributed by atoms with Crippen LogP contribution in [0.25, 0.3) is 0 Å². The van der Waals surface area contributed by atoms with Gasteiger partial charge in [-0.05, 0) is 51.9 Å². The Morgan fingerprint density at radius 1 is 1.13 bits per heavy atom. The molecule has 0 aromatic carbocycles. The number of rotatable bonds is 6. The maximum absolute atomic E-state index is 14.1. The van der Waals surface area contributed by atoms with E-state index in [-0.39, 0.29) is 12.8 Å². The zero-order valence-electron chi connectivity index (χ0n) is 13.8. The van der Waals surface area contributed by atoms with E-state index < -0.39 is 28.9 Å². The fourth-order valence-corrected chi connectivity index (χ4v) is 3.13. The third kappa shape index (κ3) is 3.65. The van der Waals surface area contributed by atoms with E-state index in [9.17, 15) is 23.5 Å². The van der Waals surface area contributed by atoms with E-state index >= 15 is 0 Å². The van der Waals surface area contributed by atoms with E-state index in [1.54, 1.807) is 0 Å². The first kappa shape index (κ1) is 18.1. The molecule has 0 aliphatic heterocycles. The molecule has 7 heteroatoms. The maximum atomic E-state index is 14.1. The van der Waals surface area contributed by atoms with Gasteiger partial charge in [-0.1, -0.05) is 12.8 Å². The zero-order valence-corrected chi connectivity index (χ0v) is 13.8. The average Bonchev–Trinajstić information content (AvgIpc) is 2.94. The van der Waals surface area contributed by atoms with Crippen LogP contribution in [-0.4, -0.2) is 40.5 Å². The molecule has 0 spiro atoms. The summed E-state index contributed by atoms with van der Waals surface area (Å²) in [5.41, 5.74) is -3.74. The van der Waals surface area contributed by atoms with Gasteiger partial charge < -0.3 is 15.7 Å². The van der Waals surface area contributed by atoms with Crippen molar-refractivity contribution in [3.63, 3.8) is 0 Å².